The van der Waals surface area contributed by atoms with Gasteiger partial charge >= 0.3 is 0 Å². The number of hydrogen-bond acceptors (Lipinski definition) is 3. The molecule has 0 unspecified atom stereocenters. The van der Waals surface area contributed by atoms with Gasteiger partial charge in [-0.15, -0.1) is 0 Å². The molecule has 4 heteroatoms. The molecule has 0 bridgehead atoms. The van der Waals surface area contributed by atoms with E-state index < -0.39 is 0 Å². The first-order valence-corrected chi connectivity index (χ1v) is 17.5. The van der Waals surface area contributed by atoms with Gasteiger partial charge in [-0.05, 0) is 46.0 Å². The molecule has 0 radical (unpaired) electrons. The maximum absolute atomic E-state index is 6.77. The molecule has 0 aliphatic heterocycles. The third-order valence-electron chi connectivity index (χ3n) is 11.0. The van der Waals surface area contributed by atoms with Crippen LogP contribution in [0.25, 0.3) is 94.1 Å². The molecule has 1 aliphatic rings. The number of nitrogens with zero attached hydrogens (tertiary/aromatic N) is 3. The van der Waals surface area contributed by atoms with Crippen LogP contribution in [0.5, 0.6) is 0 Å². The maximum atomic E-state index is 6.77. The van der Waals surface area contributed by atoms with Crippen molar-refractivity contribution < 1.29 is 4.42 Å². The fourth-order valence-electron chi connectivity index (χ4n) is 8.59. The van der Waals surface area contributed by atoms with Crippen LogP contribution in [0.3, 0.4) is 0 Å². The van der Waals surface area contributed by atoms with Crippen molar-refractivity contribution in [3.63, 3.8) is 0 Å². The Hall–Kier alpha value is -6.52. The summed E-state index contributed by atoms with van der Waals surface area (Å²) in [4.78, 5) is 10.9. The van der Waals surface area contributed by atoms with E-state index in [-0.39, 0.29) is 5.41 Å². The van der Waals surface area contributed by atoms with E-state index in [1.165, 1.54) is 33.4 Å². The zero-order valence-corrected chi connectivity index (χ0v) is 28.2. The summed E-state index contributed by atoms with van der Waals surface area (Å²) in [6.07, 6.45) is 0. The molecule has 0 saturated carbocycles. The van der Waals surface area contributed by atoms with E-state index in [1.807, 2.05) is 12.1 Å². The van der Waals surface area contributed by atoms with Gasteiger partial charge in [0.1, 0.15) is 11.1 Å². The molecule has 3 heterocycles. The van der Waals surface area contributed by atoms with Crippen LogP contribution in [0.1, 0.15) is 25.0 Å². The first kappa shape index (κ1) is 28.3. The summed E-state index contributed by atoms with van der Waals surface area (Å²) in [5.74, 6) is 0.624. The van der Waals surface area contributed by atoms with E-state index in [2.05, 4.69) is 158 Å². The highest BCUT2D eigenvalue weighted by Gasteiger charge is 2.38. The Morgan fingerprint density at radius 3 is 2.00 bits per heavy atom. The largest absolute Gasteiger partial charge is 0.454 e. The van der Waals surface area contributed by atoms with Crippen LogP contribution in [-0.2, 0) is 5.41 Å². The molecule has 3 aromatic heterocycles. The van der Waals surface area contributed by atoms with Crippen LogP contribution < -0.4 is 0 Å². The SMILES string of the molecule is CC1(C)c2ccccc2-c2c1ccc1c3ccc4c5ccccc5oc4c3n(-c3nc(-c4ccc(-c5ccccc5)cc4)c4ccccc4n3)c21. The third-order valence-corrected chi connectivity index (χ3v) is 11.0. The molecule has 240 valence electrons. The van der Waals surface area contributed by atoms with E-state index >= 15 is 0 Å². The Morgan fingerprint density at radius 2 is 1.14 bits per heavy atom. The second kappa shape index (κ2) is 10.3. The summed E-state index contributed by atoms with van der Waals surface area (Å²) in [7, 11) is 0. The lowest BCUT2D eigenvalue weighted by Crippen LogP contribution is -2.14. The van der Waals surface area contributed by atoms with Gasteiger partial charge in [-0.1, -0.05) is 147 Å². The maximum Gasteiger partial charge on any atom is 0.235 e. The number of fused-ring (bicyclic) bond motifs is 12. The molecule has 0 spiro atoms. The summed E-state index contributed by atoms with van der Waals surface area (Å²) in [5.41, 5.74) is 14.0. The van der Waals surface area contributed by atoms with Crippen LogP contribution in [0.2, 0.25) is 0 Å². The lowest BCUT2D eigenvalue weighted by molar-refractivity contribution is 0.660. The molecular weight excluding hydrogens is 623 g/mol. The summed E-state index contributed by atoms with van der Waals surface area (Å²) in [6, 6.07) is 53.8. The van der Waals surface area contributed by atoms with Gasteiger partial charge in [0.25, 0.3) is 0 Å². The second-order valence-electron chi connectivity index (χ2n) is 14.2. The quantitative estimate of drug-likeness (QED) is 0.191. The van der Waals surface area contributed by atoms with Gasteiger partial charge in [-0.2, -0.15) is 0 Å². The molecule has 0 fully saturated rings. The van der Waals surface area contributed by atoms with E-state index in [9.17, 15) is 0 Å². The Bertz CT molecular complexity index is 3040. The van der Waals surface area contributed by atoms with Gasteiger partial charge in [0.2, 0.25) is 5.95 Å². The topological polar surface area (TPSA) is 43.9 Å². The smallest absolute Gasteiger partial charge is 0.235 e. The molecule has 0 atom stereocenters. The fourth-order valence-corrected chi connectivity index (χ4v) is 8.59. The van der Waals surface area contributed by atoms with E-state index in [0.29, 0.717) is 5.95 Å². The van der Waals surface area contributed by atoms with Crippen molar-refractivity contribution in [3.8, 4) is 39.5 Å². The molecule has 51 heavy (non-hydrogen) atoms. The second-order valence-corrected chi connectivity index (χ2v) is 14.2. The van der Waals surface area contributed by atoms with Crippen molar-refractivity contribution in [3.05, 3.63) is 163 Å². The summed E-state index contributed by atoms with van der Waals surface area (Å²) in [5, 5.41) is 5.47. The third kappa shape index (κ3) is 3.90. The lowest BCUT2D eigenvalue weighted by Gasteiger charge is -2.21. The van der Waals surface area contributed by atoms with Crippen LogP contribution in [0.15, 0.2) is 156 Å². The van der Waals surface area contributed by atoms with Gasteiger partial charge in [0.15, 0.2) is 5.58 Å². The highest BCUT2D eigenvalue weighted by Crippen LogP contribution is 2.53. The van der Waals surface area contributed by atoms with Crippen molar-refractivity contribution in [2.24, 2.45) is 0 Å². The molecule has 4 nitrogen and oxygen atoms in total. The molecular formula is C47H31N3O. The van der Waals surface area contributed by atoms with Crippen LogP contribution in [0.4, 0.5) is 0 Å². The van der Waals surface area contributed by atoms with E-state index in [4.69, 9.17) is 14.4 Å². The Morgan fingerprint density at radius 1 is 0.490 bits per heavy atom. The molecule has 7 aromatic carbocycles. The van der Waals surface area contributed by atoms with Gasteiger partial charge < -0.3 is 4.42 Å². The van der Waals surface area contributed by atoms with Crippen LogP contribution in [0, 0.1) is 0 Å². The fraction of sp³-hybridized carbons (Fsp3) is 0.0638. The number of aromatic nitrogens is 3. The van der Waals surface area contributed by atoms with Gasteiger partial charge in [0.05, 0.1) is 16.7 Å². The number of hydrogen-bond donors (Lipinski definition) is 0. The van der Waals surface area contributed by atoms with Gasteiger partial charge in [0, 0.05) is 43.5 Å². The zero-order valence-electron chi connectivity index (χ0n) is 28.2. The van der Waals surface area contributed by atoms with E-state index in [1.54, 1.807) is 0 Å². The Labute approximate surface area is 294 Å². The molecule has 0 saturated heterocycles. The number of furan rings is 1. The van der Waals surface area contributed by atoms with Crippen molar-refractivity contribution in [2.45, 2.75) is 19.3 Å². The zero-order chi connectivity index (χ0) is 33.8. The van der Waals surface area contributed by atoms with Crippen molar-refractivity contribution >= 4 is 54.6 Å². The van der Waals surface area contributed by atoms with E-state index in [0.717, 1.165) is 65.9 Å². The monoisotopic (exact) mass is 653 g/mol. The standard InChI is InChI=1S/C47H31N3O/c1-47(2)37-17-9-6-15-35(37)41-38(47)27-26-32-33-24-25-34-31-14-8-11-19-40(31)51-45(34)44(33)50(43(32)41)46-48-39-18-10-7-16-36(39)42(49-46)30-22-20-29(21-23-30)28-12-4-3-5-13-28/h3-27H,1-2H3. The van der Waals surface area contributed by atoms with Crippen LogP contribution >= 0.6 is 0 Å². The molecule has 0 N–H and O–H groups in total. The summed E-state index contributed by atoms with van der Waals surface area (Å²) in [6.45, 7) is 4.66. The van der Waals surface area contributed by atoms with Gasteiger partial charge in [-0.25, -0.2) is 9.97 Å². The first-order chi connectivity index (χ1) is 25.1. The van der Waals surface area contributed by atoms with Crippen molar-refractivity contribution in [2.75, 3.05) is 0 Å². The Balaban J connectivity index is 1.28. The number of benzene rings is 7. The molecule has 1 aliphatic carbocycles. The predicted octanol–water partition coefficient (Wildman–Crippen LogP) is 12.3. The predicted molar refractivity (Wildman–Crippen MR) is 210 cm³/mol. The number of para-hydroxylation sites is 2. The van der Waals surface area contributed by atoms with Crippen molar-refractivity contribution in [1.29, 1.82) is 0 Å². The molecule has 11 rings (SSSR count). The highest BCUT2D eigenvalue weighted by molar-refractivity contribution is 6.23. The molecule has 0 amide bonds. The summed E-state index contributed by atoms with van der Waals surface area (Å²) < 4.78 is 9.06. The van der Waals surface area contributed by atoms with Crippen LogP contribution in [-0.4, -0.2) is 14.5 Å². The summed E-state index contributed by atoms with van der Waals surface area (Å²) >= 11 is 0. The Kier molecular flexibility index (Phi) is 5.70. The molecule has 10 aromatic rings. The number of rotatable bonds is 3. The van der Waals surface area contributed by atoms with Crippen molar-refractivity contribution in [1.82, 2.24) is 14.5 Å². The minimum atomic E-state index is -0.161. The minimum Gasteiger partial charge on any atom is -0.454 e. The minimum absolute atomic E-state index is 0.161. The first-order valence-electron chi connectivity index (χ1n) is 17.5. The average molecular weight is 654 g/mol. The van der Waals surface area contributed by atoms with Gasteiger partial charge in [-0.3, -0.25) is 4.57 Å². The lowest BCUT2D eigenvalue weighted by atomic mass is 9.82. The average Bonchev–Trinajstić information content (AvgIpc) is 3.81. The normalized spacial score (nSPS) is 13.5. The highest BCUT2D eigenvalue weighted by atomic mass is 16.3.